The number of hydrogen-bond donors (Lipinski definition) is 2. The number of ether oxygens (including phenoxy) is 1. The van der Waals surface area contributed by atoms with Crippen molar-refractivity contribution < 1.29 is 9.53 Å². The van der Waals surface area contributed by atoms with Gasteiger partial charge in [0.25, 0.3) is 0 Å². The molecule has 1 amide bonds. The van der Waals surface area contributed by atoms with E-state index in [0.29, 0.717) is 30.3 Å². The third kappa shape index (κ3) is 3.69. The molecule has 3 N–H and O–H groups in total. The fourth-order valence-electron chi connectivity index (χ4n) is 4.42. The summed E-state index contributed by atoms with van der Waals surface area (Å²) < 4.78 is 5.34. The fraction of sp³-hybridized carbons (Fsp3) is 0.632. The highest BCUT2D eigenvalue weighted by molar-refractivity contribution is 5.79. The molecule has 0 heterocycles. The highest BCUT2D eigenvalue weighted by atomic mass is 16.5. The number of hydrogen-bond acceptors (Lipinski definition) is 3. The van der Waals surface area contributed by atoms with E-state index in [0.717, 1.165) is 29.7 Å². The summed E-state index contributed by atoms with van der Waals surface area (Å²) in [5, 5.41) is 3.31. The van der Waals surface area contributed by atoms with E-state index in [-0.39, 0.29) is 5.91 Å². The Hall–Kier alpha value is -1.55. The molecule has 3 rings (SSSR count). The number of methoxy groups -OCH3 is 1. The molecular weight excluding hydrogens is 288 g/mol. The first kappa shape index (κ1) is 16.3. The van der Waals surface area contributed by atoms with Gasteiger partial charge in [-0.3, -0.25) is 4.79 Å². The lowest BCUT2D eigenvalue weighted by atomic mass is 9.67. The first-order valence-electron chi connectivity index (χ1n) is 8.75. The minimum Gasteiger partial charge on any atom is -0.496 e. The molecule has 0 saturated heterocycles. The number of fused-ring (bicyclic) bond motifs is 2. The quantitative estimate of drug-likeness (QED) is 0.897. The second-order valence-electron chi connectivity index (χ2n) is 7.26. The molecule has 1 aromatic carbocycles. The third-order valence-corrected chi connectivity index (χ3v) is 5.54. The average Bonchev–Trinajstić information content (AvgIpc) is 2.50. The number of aryl methyl sites for hydroxylation is 1. The van der Waals surface area contributed by atoms with Crippen molar-refractivity contribution in [2.24, 2.45) is 17.6 Å². The maximum atomic E-state index is 12.5. The molecule has 2 unspecified atom stereocenters. The van der Waals surface area contributed by atoms with Crippen LogP contribution in [0.4, 0.5) is 0 Å². The van der Waals surface area contributed by atoms with Crippen LogP contribution in [-0.4, -0.2) is 25.1 Å². The van der Waals surface area contributed by atoms with Crippen LogP contribution in [0.25, 0.3) is 0 Å². The molecule has 4 nitrogen and oxygen atoms in total. The second kappa shape index (κ2) is 6.91. The van der Waals surface area contributed by atoms with Gasteiger partial charge in [-0.2, -0.15) is 0 Å². The number of rotatable bonds is 4. The maximum absolute atomic E-state index is 12.5. The summed E-state index contributed by atoms with van der Waals surface area (Å²) in [4.78, 5) is 12.5. The first-order chi connectivity index (χ1) is 11.1. The Morgan fingerprint density at radius 1 is 1.30 bits per heavy atom. The van der Waals surface area contributed by atoms with Gasteiger partial charge >= 0.3 is 0 Å². The van der Waals surface area contributed by atoms with Crippen LogP contribution in [-0.2, 0) is 11.2 Å². The van der Waals surface area contributed by atoms with Crippen molar-refractivity contribution in [3.05, 3.63) is 29.3 Å². The molecule has 0 aromatic heterocycles. The predicted octanol–water partition coefficient (Wildman–Crippen LogP) is 2.57. The van der Waals surface area contributed by atoms with Gasteiger partial charge in [0.1, 0.15) is 5.75 Å². The Labute approximate surface area is 138 Å². The van der Waals surface area contributed by atoms with E-state index in [9.17, 15) is 4.79 Å². The lowest BCUT2D eigenvalue weighted by Gasteiger charge is -2.45. The standard InChI is InChI=1S/C19H28N2O2/c1-12-6-7-13(8-17(12)23-2)9-18(22)21-19-14-4-3-5-15(19)11-16(20)10-14/h6-8,14-16,19H,3-5,9-11,20H2,1-2H3,(H,21,22). The van der Waals surface area contributed by atoms with E-state index >= 15 is 0 Å². The highest BCUT2D eigenvalue weighted by Gasteiger charge is 2.39. The summed E-state index contributed by atoms with van der Waals surface area (Å²) in [6.45, 7) is 2.01. The number of amides is 1. The lowest BCUT2D eigenvalue weighted by molar-refractivity contribution is -0.122. The molecule has 2 atom stereocenters. The minimum atomic E-state index is 0.119. The second-order valence-corrected chi connectivity index (χ2v) is 7.26. The first-order valence-corrected chi connectivity index (χ1v) is 8.75. The van der Waals surface area contributed by atoms with Gasteiger partial charge in [-0.15, -0.1) is 0 Å². The topological polar surface area (TPSA) is 64.3 Å². The molecule has 1 aromatic rings. The van der Waals surface area contributed by atoms with Gasteiger partial charge in [0.2, 0.25) is 5.91 Å². The van der Waals surface area contributed by atoms with E-state index in [4.69, 9.17) is 10.5 Å². The summed E-state index contributed by atoms with van der Waals surface area (Å²) >= 11 is 0. The predicted molar refractivity (Wildman–Crippen MR) is 91.4 cm³/mol. The zero-order valence-electron chi connectivity index (χ0n) is 14.2. The number of benzene rings is 1. The third-order valence-electron chi connectivity index (χ3n) is 5.54. The maximum Gasteiger partial charge on any atom is 0.224 e. The van der Waals surface area contributed by atoms with Gasteiger partial charge < -0.3 is 15.8 Å². The SMILES string of the molecule is COc1cc(CC(=O)NC2C3CCCC2CC(N)C3)ccc1C. The van der Waals surface area contributed by atoms with Crippen LogP contribution in [0.2, 0.25) is 0 Å². The molecule has 23 heavy (non-hydrogen) atoms. The summed E-state index contributed by atoms with van der Waals surface area (Å²) in [5.41, 5.74) is 8.25. The summed E-state index contributed by atoms with van der Waals surface area (Å²) in [6, 6.07) is 6.63. The van der Waals surface area contributed by atoms with Crippen molar-refractivity contribution in [1.29, 1.82) is 0 Å². The molecule has 0 spiro atoms. The number of nitrogens with one attached hydrogen (secondary N) is 1. The van der Waals surface area contributed by atoms with E-state index < -0.39 is 0 Å². The Kier molecular flexibility index (Phi) is 4.90. The fourth-order valence-corrected chi connectivity index (χ4v) is 4.42. The van der Waals surface area contributed by atoms with Gasteiger partial charge in [-0.25, -0.2) is 0 Å². The molecule has 2 saturated carbocycles. The summed E-state index contributed by atoms with van der Waals surface area (Å²) in [7, 11) is 1.67. The summed E-state index contributed by atoms with van der Waals surface area (Å²) in [5.74, 6) is 2.09. The van der Waals surface area contributed by atoms with Crippen LogP contribution >= 0.6 is 0 Å². The molecule has 2 aliphatic rings. The molecule has 0 radical (unpaired) electrons. The molecule has 2 fully saturated rings. The van der Waals surface area contributed by atoms with Gasteiger partial charge in [0.05, 0.1) is 13.5 Å². The number of carbonyl (C=O) groups excluding carboxylic acids is 1. The van der Waals surface area contributed by atoms with Crippen molar-refractivity contribution in [2.45, 2.75) is 57.5 Å². The molecule has 126 valence electrons. The van der Waals surface area contributed by atoms with Crippen LogP contribution in [0.1, 0.15) is 43.2 Å². The van der Waals surface area contributed by atoms with Gasteiger partial charge in [-0.05, 0) is 61.6 Å². The zero-order valence-corrected chi connectivity index (χ0v) is 14.2. The highest BCUT2D eigenvalue weighted by Crippen LogP contribution is 2.39. The minimum absolute atomic E-state index is 0.119. The average molecular weight is 316 g/mol. The van der Waals surface area contributed by atoms with Gasteiger partial charge in [0.15, 0.2) is 0 Å². The van der Waals surface area contributed by atoms with Crippen LogP contribution in [0.15, 0.2) is 18.2 Å². The normalized spacial score (nSPS) is 29.9. The van der Waals surface area contributed by atoms with Gasteiger partial charge in [0, 0.05) is 12.1 Å². The number of nitrogens with two attached hydrogens (primary N) is 1. The van der Waals surface area contributed by atoms with E-state index in [2.05, 4.69) is 5.32 Å². The lowest BCUT2D eigenvalue weighted by Crippen LogP contribution is -2.54. The van der Waals surface area contributed by atoms with Gasteiger partial charge in [-0.1, -0.05) is 18.6 Å². The largest absolute Gasteiger partial charge is 0.496 e. The van der Waals surface area contributed by atoms with Crippen molar-refractivity contribution in [1.82, 2.24) is 5.32 Å². The summed E-state index contributed by atoms with van der Waals surface area (Å²) in [6.07, 6.45) is 6.21. The zero-order chi connectivity index (χ0) is 16.4. The molecule has 4 heteroatoms. The van der Waals surface area contributed by atoms with Crippen molar-refractivity contribution in [2.75, 3.05) is 7.11 Å². The van der Waals surface area contributed by atoms with Crippen LogP contribution in [0, 0.1) is 18.8 Å². The van der Waals surface area contributed by atoms with Crippen LogP contribution in [0.3, 0.4) is 0 Å². The van der Waals surface area contributed by atoms with Crippen LogP contribution < -0.4 is 15.8 Å². The molecule has 2 bridgehead atoms. The Morgan fingerprint density at radius 2 is 2.00 bits per heavy atom. The monoisotopic (exact) mass is 316 g/mol. The Bertz CT molecular complexity index is 558. The van der Waals surface area contributed by atoms with Crippen molar-refractivity contribution >= 4 is 5.91 Å². The van der Waals surface area contributed by atoms with Crippen molar-refractivity contribution in [3.8, 4) is 5.75 Å². The van der Waals surface area contributed by atoms with Crippen LogP contribution in [0.5, 0.6) is 5.75 Å². The van der Waals surface area contributed by atoms with Crippen molar-refractivity contribution in [3.63, 3.8) is 0 Å². The smallest absolute Gasteiger partial charge is 0.224 e. The van der Waals surface area contributed by atoms with E-state index in [1.165, 1.54) is 19.3 Å². The number of carbonyl (C=O) groups is 1. The van der Waals surface area contributed by atoms with E-state index in [1.807, 2.05) is 25.1 Å². The Morgan fingerprint density at radius 3 is 2.65 bits per heavy atom. The molecule has 0 aliphatic heterocycles. The molecule has 2 aliphatic carbocycles. The molecular formula is C19H28N2O2. The van der Waals surface area contributed by atoms with E-state index in [1.54, 1.807) is 7.11 Å². The Balaban J connectivity index is 1.63.